The van der Waals surface area contributed by atoms with E-state index in [9.17, 15) is 19.5 Å². The molecular weight excluding hydrogens is 362 g/mol. The predicted octanol–water partition coefficient (Wildman–Crippen LogP) is 1.97. The third-order valence-corrected chi connectivity index (χ3v) is 4.91. The van der Waals surface area contributed by atoms with Crippen molar-refractivity contribution in [2.24, 2.45) is 0 Å². The Labute approximate surface area is 164 Å². The lowest BCUT2D eigenvalue weighted by molar-refractivity contribution is -0.134. The van der Waals surface area contributed by atoms with E-state index in [0.717, 1.165) is 0 Å². The summed E-state index contributed by atoms with van der Waals surface area (Å²) in [6.07, 6.45) is 0.411. The molecule has 0 radical (unpaired) electrons. The Morgan fingerprint density at radius 1 is 1.18 bits per heavy atom. The van der Waals surface area contributed by atoms with Gasteiger partial charge in [0.1, 0.15) is 11.4 Å². The summed E-state index contributed by atoms with van der Waals surface area (Å²) in [5.74, 6) is -0.922. The van der Waals surface area contributed by atoms with E-state index in [1.807, 2.05) is 31.7 Å². The van der Waals surface area contributed by atoms with Crippen LogP contribution in [-0.2, 0) is 14.3 Å². The van der Waals surface area contributed by atoms with Crippen molar-refractivity contribution in [2.45, 2.75) is 45.1 Å². The number of hydrogen-bond donors (Lipinski definition) is 2. The third kappa shape index (κ3) is 4.55. The lowest BCUT2D eigenvalue weighted by atomic mass is 9.90. The summed E-state index contributed by atoms with van der Waals surface area (Å²) in [7, 11) is 0. The molecule has 1 atom stereocenters. The van der Waals surface area contributed by atoms with Crippen molar-refractivity contribution >= 4 is 23.6 Å². The standard InChI is InChI=1S/C20H27N3O5/c1-20(2,3)28-19(27)23-10-8-22(9-11-23)15-6-4-13(12-16(15)24)14-5-7-17(25)21-18(14)26/h4,6,12,14,24H,5,7-11H2,1-3H3,(H,21,25,26). The van der Waals surface area contributed by atoms with Gasteiger partial charge < -0.3 is 19.6 Å². The van der Waals surface area contributed by atoms with Gasteiger partial charge in [0.15, 0.2) is 0 Å². The lowest BCUT2D eigenvalue weighted by Crippen LogP contribution is -2.50. The Morgan fingerprint density at radius 2 is 1.86 bits per heavy atom. The first-order valence-corrected chi connectivity index (χ1v) is 9.53. The number of imide groups is 1. The molecule has 3 rings (SSSR count). The maximum Gasteiger partial charge on any atom is 0.410 e. The fraction of sp³-hybridized carbons (Fsp3) is 0.550. The van der Waals surface area contributed by atoms with Gasteiger partial charge in [0, 0.05) is 32.6 Å². The van der Waals surface area contributed by atoms with Crippen LogP contribution in [0, 0.1) is 0 Å². The van der Waals surface area contributed by atoms with Crippen LogP contribution in [0.3, 0.4) is 0 Å². The molecule has 1 aromatic carbocycles. The number of ether oxygens (including phenoxy) is 1. The number of rotatable bonds is 2. The fourth-order valence-electron chi connectivity index (χ4n) is 3.49. The summed E-state index contributed by atoms with van der Waals surface area (Å²) in [6, 6.07) is 5.20. The van der Waals surface area contributed by atoms with Crippen molar-refractivity contribution in [3.8, 4) is 5.75 Å². The number of carbonyl (C=O) groups excluding carboxylic acids is 3. The van der Waals surface area contributed by atoms with Crippen molar-refractivity contribution < 1.29 is 24.2 Å². The summed E-state index contributed by atoms with van der Waals surface area (Å²) < 4.78 is 5.40. The summed E-state index contributed by atoms with van der Waals surface area (Å²) in [5, 5.41) is 12.8. The van der Waals surface area contributed by atoms with Gasteiger partial charge in [-0.1, -0.05) is 6.07 Å². The number of hydrogen-bond acceptors (Lipinski definition) is 6. The van der Waals surface area contributed by atoms with Crippen molar-refractivity contribution in [2.75, 3.05) is 31.1 Å². The number of phenols is 1. The Hall–Kier alpha value is -2.77. The molecule has 0 bridgehead atoms. The number of aromatic hydroxyl groups is 1. The first-order valence-electron chi connectivity index (χ1n) is 9.53. The molecule has 2 fully saturated rings. The molecule has 2 saturated heterocycles. The molecule has 2 heterocycles. The number of phenolic OH excluding ortho intramolecular Hbond substituents is 1. The summed E-state index contributed by atoms with van der Waals surface area (Å²) in [4.78, 5) is 39.2. The highest BCUT2D eigenvalue weighted by molar-refractivity contribution is 6.01. The Bertz CT molecular complexity index is 779. The first kappa shape index (κ1) is 20.0. The molecule has 2 N–H and O–H groups in total. The van der Waals surface area contributed by atoms with E-state index in [-0.39, 0.29) is 23.7 Å². The van der Waals surface area contributed by atoms with Crippen molar-refractivity contribution in [3.63, 3.8) is 0 Å². The van der Waals surface area contributed by atoms with E-state index in [2.05, 4.69) is 5.32 Å². The largest absolute Gasteiger partial charge is 0.506 e. The number of benzene rings is 1. The molecule has 0 spiro atoms. The maximum absolute atomic E-state index is 12.2. The molecule has 1 aromatic rings. The monoisotopic (exact) mass is 389 g/mol. The Morgan fingerprint density at radius 3 is 2.43 bits per heavy atom. The summed E-state index contributed by atoms with van der Waals surface area (Å²) in [5.41, 5.74) is 0.830. The van der Waals surface area contributed by atoms with Crippen LogP contribution in [0.25, 0.3) is 0 Å². The van der Waals surface area contributed by atoms with Crippen LogP contribution in [0.5, 0.6) is 5.75 Å². The molecule has 0 saturated carbocycles. The summed E-state index contributed by atoms with van der Waals surface area (Å²) >= 11 is 0. The zero-order valence-corrected chi connectivity index (χ0v) is 16.5. The molecule has 3 amide bonds. The number of nitrogens with zero attached hydrogens (tertiary/aromatic N) is 2. The number of nitrogens with one attached hydrogen (secondary N) is 1. The average Bonchev–Trinajstić information content (AvgIpc) is 2.60. The molecule has 8 heteroatoms. The predicted molar refractivity (Wildman–Crippen MR) is 103 cm³/mol. The highest BCUT2D eigenvalue weighted by atomic mass is 16.6. The molecule has 8 nitrogen and oxygen atoms in total. The van der Waals surface area contributed by atoms with Gasteiger partial charge in [-0.05, 0) is 44.9 Å². The number of amides is 3. The fourth-order valence-corrected chi connectivity index (χ4v) is 3.49. The molecule has 28 heavy (non-hydrogen) atoms. The van der Waals surface area contributed by atoms with Crippen LogP contribution in [0.1, 0.15) is 45.1 Å². The van der Waals surface area contributed by atoms with Crippen LogP contribution in [0.4, 0.5) is 10.5 Å². The number of carbonyl (C=O) groups is 3. The topological polar surface area (TPSA) is 99.2 Å². The average molecular weight is 389 g/mol. The lowest BCUT2D eigenvalue weighted by Gasteiger charge is -2.37. The Balaban J connectivity index is 1.63. The second kappa shape index (κ2) is 7.69. The SMILES string of the molecule is CC(C)(C)OC(=O)N1CCN(c2ccc(C3CCC(=O)NC3=O)cc2O)CC1. The van der Waals surface area contributed by atoms with Gasteiger partial charge in [-0.3, -0.25) is 14.9 Å². The smallest absolute Gasteiger partial charge is 0.410 e. The number of piperidine rings is 1. The van der Waals surface area contributed by atoms with E-state index >= 15 is 0 Å². The van der Waals surface area contributed by atoms with Crippen molar-refractivity contribution in [3.05, 3.63) is 23.8 Å². The number of piperazine rings is 1. The van der Waals surface area contributed by atoms with Gasteiger partial charge >= 0.3 is 6.09 Å². The molecule has 0 aliphatic carbocycles. The van der Waals surface area contributed by atoms with Crippen LogP contribution < -0.4 is 10.2 Å². The zero-order chi connectivity index (χ0) is 20.5. The number of anilines is 1. The van der Waals surface area contributed by atoms with Crippen LogP contribution >= 0.6 is 0 Å². The van der Waals surface area contributed by atoms with Crippen molar-refractivity contribution in [1.29, 1.82) is 0 Å². The van der Waals surface area contributed by atoms with E-state index in [4.69, 9.17) is 4.74 Å². The first-order chi connectivity index (χ1) is 13.1. The second-order valence-electron chi connectivity index (χ2n) is 8.21. The molecule has 0 aromatic heterocycles. The van der Waals surface area contributed by atoms with E-state index in [1.54, 1.807) is 17.0 Å². The van der Waals surface area contributed by atoms with Crippen LogP contribution in [-0.4, -0.2) is 59.7 Å². The molecule has 2 aliphatic rings. The van der Waals surface area contributed by atoms with Gasteiger partial charge in [0.2, 0.25) is 11.8 Å². The van der Waals surface area contributed by atoms with E-state index in [1.165, 1.54) is 0 Å². The van der Waals surface area contributed by atoms with Gasteiger partial charge in [-0.25, -0.2) is 4.79 Å². The van der Waals surface area contributed by atoms with Gasteiger partial charge in [-0.2, -0.15) is 0 Å². The zero-order valence-electron chi connectivity index (χ0n) is 16.5. The molecule has 152 valence electrons. The van der Waals surface area contributed by atoms with Gasteiger partial charge in [0.25, 0.3) is 0 Å². The minimum absolute atomic E-state index is 0.0907. The van der Waals surface area contributed by atoms with Gasteiger partial charge in [0.05, 0.1) is 11.6 Å². The van der Waals surface area contributed by atoms with Gasteiger partial charge in [-0.15, -0.1) is 0 Å². The highest BCUT2D eigenvalue weighted by Crippen LogP contribution is 2.34. The van der Waals surface area contributed by atoms with Crippen LogP contribution in [0.2, 0.25) is 0 Å². The Kier molecular flexibility index (Phi) is 5.49. The van der Waals surface area contributed by atoms with Crippen molar-refractivity contribution in [1.82, 2.24) is 10.2 Å². The second-order valence-corrected chi connectivity index (χ2v) is 8.21. The minimum atomic E-state index is -0.529. The summed E-state index contributed by atoms with van der Waals surface area (Å²) in [6.45, 7) is 7.66. The normalized spacial score (nSPS) is 20.8. The highest BCUT2D eigenvalue weighted by Gasteiger charge is 2.30. The third-order valence-electron chi connectivity index (χ3n) is 4.91. The quantitative estimate of drug-likeness (QED) is 0.751. The molecule has 2 aliphatic heterocycles. The maximum atomic E-state index is 12.2. The van der Waals surface area contributed by atoms with E-state index in [0.29, 0.717) is 50.3 Å². The van der Waals surface area contributed by atoms with E-state index < -0.39 is 11.5 Å². The van der Waals surface area contributed by atoms with Crippen LogP contribution in [0.15, 0.2) is 18.2 Å². The minimum Gasteiger partial charge on any atom is -0.506 e. The molecular formula is C20H27N3O5. The molecule has 1 unspecified atom stereocenters.